The minimum absolute atomic E-state index is 0.0118. The number of nitrogens with two attached hydrogens (primary N) is 1. The first-order valence-electron chi connectivity index (χ1n) is 8.32. The summed E-state index contributed by atoms with van der Waals surface area (Å²) in [5, 5.41) is 10.7. The Bertz CT molecular complexity index is 955. The van der Waals surface area contributed by atoms with Crippen molar-refractivity contribution in [3.63, 3.8) is 0 Å². The van der Waals surface area contributed by atoms with Crippen LogP contribution in [0.5, 0.6) is 5.88 Å². The Morgan fingerprint density at radius 3 is 2.50 bits per heavy atom. The molecule has 0 saturated heterocycles. The number of anilines is 1. The first kappa shape index (κ1) is 17.7. The van der Waals surface area contributed by atoms with Gasteiger partial charge >= 0.3 is 5.97 Å². The normalized spacial score (nSPS) is 12.9. The highest BCUT2D eigenvalue weighted by atomic mass is 16.6. The molecule has 0 bridgehead atoms. The molecule has 0 aliphatic carbocycles. The van der Waals surface area contributed by atoms with E-state index in [1.54, 1.807) is 18.3 Å². The van der Waals surface area contributed by atoms with E-state index in [1.807, 2.05) is 39.8 Å². The van der Waals surface area contributed by atoms with Gasteiger partial charge < -0.3 is 20.6 Å². The number of nitrogens with one attached hydrogen (secondary N) is 1. The van der Waals surface area contributed by atoms with Crippen molar-refractivity contribution in [1.29, 1.82) is 0 Å². The molecular formula is C19H22N4O3. The first-order valence-corrected chi connectivity index (χ1v) is 8.32. The van der Waals surface area contributed by atoms with Crippen LogP contribution < -0.4 is 5.73 Å². The number of fused-ring (bicyclic) bond motifs is 1. The van der Waals surface area contributed by atoms with E-state index >= 15 is 0 Å². The topological polar surface area (TPSA) is 114 Å². The fourth-order valence-electron chi connectivity index (χ4n) is 2.82. The lowest BCUT2D eigenvalue weighted by molar-refractivity contribution is 0.00695. The highest BCUT2D eigenvalue weighted by Gasteiger charge is 2.20. The third-order valence-corrected chi connectivity index (χ3v) is 4.07. The van der Waals surface area contributed by atoms with Crippen LogP contribution >= 0.6 is 0 Å². The van der Waals surface area contributed by atoms with E-state index in [9.17, 15) is 9.90 Å². The summed E-state index contributed by atoms with van der Waals surface area (Å²) in [6.07, 6.45) is 1.78. The monoisotopic (exact) mass is 354 g/mol. The number of esters is 1. The highest BCUT2D eigenvalue weighted by Crippen LogP contribution is 2.34. The van der Waals surface area contributed by atoms with Crippen molar-refractivity contribution in [3.05, 3.63) is 47.2 Å². The molecule has 0 radical (unpaired) electrons. The van der Waals surface area contributed by atoms with E-state index in [1.165, 1.54) is 0 Å². The number of aromatic amines is 1. The van der Waals surface area contributed by atoms with E-state index in [0.717, 1.165) is 11.1 Å². The lowest BCUT2D eigenvalue weighted by Gasteiger charge is -2.19. The van der Waals surface area contributed by atoms with Gasteiger partial charge in [0.2, 0.25) is 11.8 Å². The SMILES string of the molecule is CC(c1ccc(C(=O)OC(C)(C)C)cc1)c1c[nH]c2nc(N)nc(O)c12. The molecule has 0 spiro atoms. The molecule has 1 aromatic carbocycles. The Hall–Kier alpha value is -3.09. The zero-order valence-electron chi connectivity index (χ0n) is 15.2. The van der Waals surface area contributed by atoms with Crippen LogP contribution in [0.15, 0.2) is 30.5 Å². The molecule has 2 heterocycles. The van der Waals surface area contributed by atoms with Gasteiger partial charge in [0.05, 0.1) is 10.9 Å². The van der Waals surface area contributed by atoms with Crippen molar-refractivity contribution in [2.24, 2.45) is 0 Å². The van der Waals surface area contributed by atoms with Gasteiger partial charge in [-0.05, 0) is 44.0 Å². The van der Waals surface area contributed by atoms with Crippen molar-refractivity contribution in [3.8, 4) is 5.88 Å². The number of carbonyl (C=O) groups is 1. The molecule has 4 N–H and O–H groups in total. The predicted octanol–water partition coefficient (Wildman–Crippen LogP) is 3.35. The molecule has 0 aliphatic rings. The Balaban J connectivity index is 1.89. The van der Waals surface area contributed by atoms with Crippen molar-refractivity contribution in [1.82, 2.24) is 15.0 Å². The van der Waals surface area contributed by atoms with Crippen molar-refractivity contribution in [2.75, 3.05) is 5.73 Å². The Morgan fingerprint density at radius 2 is 1.88 bits per heavy atom. The van der Waals surface area contributed by atoms with Gasteiger partial charge in [0.1, 0.15) is 11.2 Å². The van der Waals surface area contributed by atoms with Crippen molar-refractivity contribution < 1.29 is 14.6 Å². The number of benzene rings is 1. The standard InChI is InChI=1S/C19H22N4O3/c1-10(13-9-21-15-14(13)16(24)23-18(20)22-15)11-5-7-12(8-6-11)17(25)26-19(2,3)4/h5-10H,1-4H3,(H4,20,21,22,23,24). The quantitative estimate of drug-likeness (QED) is 0.622. The molecule has 1 atom stereocenters. The van der Waals surface area contributed by atoms with Crippen molar-refractivity contribution >= 4 is 23.0 Å². The van der Waals surface area contributed by atoms with E-state index in [2.05, 4.69) is 15.0 Å². The van der Waals surface area contributed by atoms with Crippen LogP contribution in [0.2, 0.25) is 0 Å². The Kier molecular flexibility index (Phi) is 4.31. The fourth-order valence-corrected chi connectivity index (χ4v) is 2.82. The number of H-pyrrole nitrogens is 1. The number of hydrogen-bond acceptors (Lipinski definition) is 6. The number of carbonyl (C=O) groups excluding carboxylic acids is 1. The van der Waals surface area contributed by atoms with Gasteiger partial charge in [0.25, 0.3) is 0 Å². The number of nitrogens with zero attached hydrogens (tertiary/aromatic N) is 2. The number of rotatable bonds is 3. The molecule has 26 heavy (non-hydrogen) atoms. The zero-order valence-corrected chi connectivity index (χ0v) is 15.2. The van der Waals surface area contributed by atoms with Gasteiger partial charge in [-0.3, -0.25) is 0 Å². The third-order valence-electron chi connectivity index (χ3n) is 4.07. The van der Waals surface area contributed by atoms with E-state index in [-0.39, 0.29) is 23.7 Å². The minimum atomic E-state index is -0.535. The third kappa shape index (κ3) is 3.46. The van der Waals surface area contributed by atoms with Gasteiger partial charge in [-0.1, -0.05) is 19.1 Å². The highest BCUT2D eigenvalue weighted by molar-refractivity contribution is 5.90. The second kappa shape index (κ2) is 6.33. The number of ether oxygens (including phenoxy) is 1. The smallest absolute Gasteiger partial charge is 0.338 e. The molecule has 1 unspecified atom stereocenters. The summed E-state index contributed by atoms with van der Waals surface area (Å²) in [6, 6.07) is 7.22. The minimum Gasteiger partial charge on any atom is -0.493 e. The lowest BCUT2D eigenvalue weighted by Crippen LogP contribution is -2.23. The van der Waals surface area contributed by atoms with Gasteiger partial charge in [-0.15, -0.1) is 0 Å². The van der Waals surface area contributed by atoms with Crippen LogP contribution in [0, 0.1) is 0 Å². The average Bonchev–Trinajstić information content (AvgIpc) is 2.96. The van der Waals surface area contributed by atoms with Gasteiger partial charge in [-0.25, -0.2) is 4.79 Å². The second-order valence-corrected chi connectivity index (χ2v) is 7.22. The summed E-state index contributed by atoms with van der Waals surface area (Å²) in [7, 11) is 0. The van der Waals surface area contributed by atoms with Crippen LogP contribution in [-0.2, 0) is 4.74 Å². The van der Waals surface area contributed by atoms with Gasteiger partial charge in [0.15, 0.2) is 0 Å². The number of aromatic nitrogens is 3. The van der Waals surface area contributed by atoms with Crippen LogP contribution in [0.4, 0.5) is 5.95 Å². The van der Waals surface area contributed by atoms with E-state index in [4.69, 9.17) is 10.5 Å². The summed E-state index contributed by atoms with van der Waals surface area (Å²) < 4.78 is 5.38. The molecule has 3 aromatic rings. The Morgan fingerprint density at radius 1 is 1.23 bits per heavy atom. The molecule has 3 rings (SSSR count). The number of nitrogen functional groups attached to an aromatic ring is 1. The lowest BCUT2D eigenvalue weighted by atomic mass is 9.93. The molecule has 2 aromatic heterocycles. The molecule has 0 amide bonds. The second-order valence-electron chi connectivity index (χ2n) is 7.22. The zero-order chi connectivity index (χ0) is 19.1. The molecule has 136 valence electrons. The summed E-state index contributed by atoms with van der Waals surface area (Å²) >= 11 is 0. The van der Waals surface area contributed by atoms with Gasteiger partial charge in [-0.2, -0.15) is 9.97 Å². The number of hydrogen-bond donors (Lipinski definition) is 3. The largest absolute Gasteiger partial charge is 0.493 e. The van der Waals surface area contributed by atoms with Crippen LogP contribution in [0.25, 0.3) is 11.0 Å². The number of aromatic hydroxyl groups is 1. The molecule has 7 heteroatoms. The maximum atomic E-state index is 12.1. The maximum Gasteiger partial charge on any atom is 0.338 e. The summed E-state index contributed by atoms with van der Waals surface area (Å²) in [6.45, 7) is 7.50. The van der Waals surface area contributed by atoms with E-state index < -0.39 is 5.60 Å². The molecule has 0 saturated carbocycles. The maximum absolute atomic E-state index is 12.1. The van der Waals surface area contributed by atoms with Crippen LogP contribution in [-0.4, -0.2) is 31.6 Å². The summed E-state index contributed by atoms with van der Waals surface area (Å²) in [5.41, 5.74) is 7.84. The van der Waals surface area contributed by atoms with Crippen LogP contribution in [0.1, 0.15) is 55.1 Å². The molecule has 0 fully saturated rings. The van der Waals surface area contributed by atoms with Crippen LogP contribution in [0.3, 0.4) is 0 Å². The fraction of sp³-hybridized carbons (Fsp3) is 0.316. The summed E-state index contributed by atoms with van der Waals surface area (Å²) in [4.78, 5) is 23.1. The first-order chi connectivity index (χ1) is 12.2. The molecular weight excluding hydrogens is 332 g/mol. The molecule has 7 nitrogen and oxygen atoms in total. The molecule has 0 aliphatic heterocycles. The van der Waals surface area contributed by atoms with E-state index in [0.29, 0.717) is 16.6 Å². The summed E-state index contributed by atoms with van der Waals surface area (Å²) in [5.74, 6) is -0.543. The van der Waals surface area contributed by atoms with Crippen molar-refractivity contribution in [2.45, 2.75) is 39.2 Å². The van der Waals surface area contributed by atoms with Gasteiger partial charge in [0, 0.05) is 12.1 Å². The predicted molar refractivity (Wildman–Crippen MR) is 99.1 cm³/mol. The average molecular weight is 354 g/mol. The Labute approximate surface area is 151 Å².